The second kappa shape index (κ2) is 7.72. The van der Waals surface area contributed by atoms with E-state index in [4.69, 9.17) is 10.5 Å². The second-order valence-corrected chi connectivity index (χ2v) is 8.94. The molecule has 1 fully saturated rings. The fraction of sp³-hybridized carbons (Fsp3) is 0.333. The summed E-state index contributed by atoms with van der Waals surface area (Å²) >= 11 is 0. The quantitative estimate of drug-likeness (QED) is 0.571. The number of anilines is 1. The van der Waals surface area contributed by atoms with Crippen molar-refractivity contribution in [2.24, 2.45) is 5.73 Å². The maximum atomic E-state index is 14.3. The molecule has 0 spiro atoms. The average Bonchev–Trinajstić information content (AvgIpc) is 2.96. The summed E-state index contributed by atoms with van der Waals surface area (Å²) in [6, 6.07) is 12.5. The summed E-state index contributed by atoms with van der Waals surface area (Å²) in [4.78, 5) is 23.6. The zero-order valence-electron chi connectivity index (χ0n) is 17.9. The first-order valence-corrected chi connectivity index (χ1v) is 10.4. The van der Waals surface area contributed by atoms with Gasteiger partial charge in [0.1, 0.15) is 11.4 Å². The smallest absolute Gasteiger partial charge is 0.412 e. The number of nitrogens with one attached hydrogen (secondary N) is 1. The first-order chi connectivity index (χ1) is 14.6. The van der Waals surface area contributed by atoms with Gasteiger partial charge in [-0.15, -0.1) is 0 Å². The molecule has 0 aliphatic heterocycles. The molecule has 7 heteroatoms. The van der Waals surface area contributed by atoms with Gasteiger partial charge in [0.25, 0.3) is 5.91 Å². The van der Waals surface area contributed by atoms with Crippen LogP contribution in [0.15, 0.2) is 42.5 Å². The van der Waals surface area contributed by atoms with Crippen molar-refractivity contribution in [3.05, 3.63) is 53.8 Å². The standard InChI is InChI=1S/C24H26FN3O3/c1-24(2,3)31-23(30)27-16-9-7-14(8-10-16)20-12-15-11-19(25)18(22(26)29)13-21(15)28(20)17-5-4-6-17/h7-13,17H,4-6H2,1-3H3,(H2,26,29)(H,27,30). The van der Waals surface area contributed by atoms with Gasteiger partial charge in [-0.3, -0.25) is 10.1 Å². The first kappa shape index (κ1) is 20.9. The third-order valence-electron chi connectivity index (χ3n) is 5.46. The molecule has 0 saturated heterocycles. The molecule has 0 unspecified atom stereocenters. The van der Waals surface area contributed by atoms with E-state index in [1.165, 1.54) is 6.07 Å². The van der Waals surface area contributed by atoms with Crippen molar-refractivity contribution in [1.82, 2.24) is 4.57 Å². The molecular formula is C24H26FN3O3. The van der Waals surface area contributed by atoms with Gasteiger partial charge in [0.05, 0.1) is 5.56 Å². The van der Waals surface area contributed by atoms with Crippen LogP contribution in [0, 0.1) is 5.82 Å². The summed E-state index contributed by atoms with van der Waals surface area (Å²) in [7, 11) is 0. The molecule has 1 aliphatic carbocycles. The van der Waals surface area contributed by atoms with Gasteiger partial charge < -0.3 is 15.0 Å². The van der Waals surface area contributed by atoms with Gasteiger partial charge in [-0.2, -0.15) is 0 Å². The lowest BCUT2D eigenvalue weighted by Crippen LogP contribution is -2.27. The average molecular weight is 423 g/mol. The summed E-state index contributed by atoms with van der Waals surface area (Å²) < 4.78 is 21.8. The monoisotopic (exact) mass is 423 g/mol. The second-order valence-electron chi connectivity index (χ2n) is 8.94. The number of hydrogen-bond acceptors (Lipinski definition) is 3. The van der Waals surface area contributed by atoms with Gasteiger partial charge in [-0.25, -0.2) is 9.18 Å². The van der Waals surface area contributed by atoms with Crippen molar-refractivity contribution in [3.63, 3.8) is 0 Å². The number of primary amides is 1. The SMILES string of the molecule is CC(C)(C)OC(=O)Nc1ccc(-c2cc3cc(F)c(C(N)=O)cc3n2C2CCC2)cc1. The van der Waals surface area contributed by atoms with E-state index in [0.717, 1.165) is 41.4 Å². The Labute approximate surface area is 180 Å². The minimum absolute atomic E-state index is 0.102. The van der Waals surface area contributed by atoms with Crippen molar-refractivity contribution in [1.29, 1.82) is 0 Å². The van der Waals surface area contributed by atoms with Crippen LogP contribution in [0.2, 0.25) is 0 Å². The van der Waals surface area contributed by atoms with Crippen LogP contribution in [-0.4, -0.2) is 22.2 Å². The summed E-state index contributed by atoms with van der Waals surface area (Å²) in [6.07, 6.45) is 2.67. The van der Waals surface area contributed by atoms with E-state index in [1.54, 1.807) is 39.0 Å². The number of halogens is 1. The van der Waals surface area contributed by atoms with E-state index in [2.05, 4.69) is 9.88 Å². The Morgan fingerprint density at radius 3 is 2.35 bits per heavy atom. The number of aromatic nitrogens is 1. The minimum atomic E-state index is -0.778. The zero-order valence-corrected chi connectivity index (χ0v) is 17.9. The van der Waals surface area contributed by atoms with Crippen LogP contribution in [-0.2, 0) is 4.74 Å². The fourth-order valence-corrected chi connectivity index (χ4v) is 3.84. The molecule has 1 heterocycles. The topological polar surface area (TPSA) is 86.3 Å². The first-order valence-electron chi connectivity index (χ1n) is 10.4. The van der Waals surface area contributed by atoms with Crippen LogP contribution in [0.4, 0.5) is 14.9 Å². The van der Waals surface area contributed by atoms with Crippen molar-refractivity contribution < 1.29 is 18.7 Å². The van der Waals surface area contributed by atoms with Gasteiger partial charge in [0.2, 0.25) is 0 Å². The number of hydrogen-bond donors (Lipinski definition) is 2. The van der Waals surface area contributed by atoms with Crippen LogP contribution in [0.5, 0.6) is 0 Å². The predicted octanol–water partition coefficient (Wildman–Crippen LogP) is 5.62. The molecule has 162 valence electrons. The molecule has 2 aromatic carbocycles. The number of benzene rings is 2. The molecule has 3 aromatic rings. The Morgan fingerprint density at radius 1 is 1.13 bits per heavy atom. The molecule has 0 bridgehead atoms. The van der Waals surface area contributed by atoms with Crippen LogP contribution in [0.25, 0.3) is 22.2 Å². The van der Waals surface area contributed by atoms with Crippen LogP contribution in [0.1, 0.15) is 56.4 Å². The van der Waals surface area contributed by atoms with Crippen molar-refractivity contribution in [2.45, 2.75) is 51.7 Å². The molecule has 31 heavy (non-hydrogen) atoms. The molecule has 1 aromatic heterocycles. The molecule has 0 atom stereocenters. The molecule has 1 saturated carbocycles. The predicted molar refractivity (Wildman–Crippen MR) is 119 cm³/mol. The van der Waals surface area contributed by atoms with Crippen molar-refractivity contribution in [3.8, 4) is 11.3 Å². The number of fused-ring (bicyclic) bond motifs is 1. The molecule has 4 rings (SSSR count). The van der Waals surface area contributed by atoms with Gasteiger partial charge in [-0.1, -0.05) is 12.1 Å². The van der Waals surface area contributed by atoms with Crippen LogP contribution >= 0.6 is 0 Å². The Bertz CT molecular complexity index is 1160. The Kier molecular flexibility index (Phi) is 5.21. The molecule has 0 radical (unpaired) electrons. The molecular weight excluding hydrogens is 397 g/mol. The number of nitrogens with zero attached hydrogens (tertiary/aromatic N) is 1. The number of ether oxygens (including phenoxy) is 1. The molecule has 6 nitrogen and oxygen atoms in total. The molecule has 1 aliphatic rings. The van der Waals surface area contributed by atoms with E-state index in [-0.39, 0.29) is 5.56 Å². The number of nitrogens with two attached hydrogens (primary N) is 1. The third-order valence-corrected chi connectivity index (χ3v) is 5.46. The summed E-state index contributed by atoms with van der Waals surface area (Å²) in [5.74, 6) is -1.39. The summed E-state index contributed by atoms with van der Waals surface area (Å²) in [5.41, 5.74) is 7.96. The highest BCUT2D eigenvalue weighted by atomic mass is 19.1. The normalized spacial score (nSPS) is 14.3. The lowest BCUT2D eigenvalue weighted by atomic mass is 9.92. The number of amides is 2. The van der Waals surface area contributed by atoms with Crippen LogP contribution < -0.4 is 11.1 Å². The Hall–Kier alpha value is -3.35. The zero-order chi connectivity index (χ0) is 22.3. The highest BCUT2D eigenvalue weighted by molar-refractivity contribution is 5.98. The Balaban J connectivity index is 1.70. The van der Waals surface area contributed by atoms with Gasteiger partial charge >= 0.3 is 6.09 Å². The highest BCUT2D eigenvalue weighted by Crippen LogP contribution is 2.40. The number of carbonyl (C=O) groups excluding carboxylic acids is 2. The maximum Gasteiger partial charge on any atom is 0.412 e. The van der Waals surface area contributed by atoms with E-state index >= 15 is 0 Å². The largest absolute Gasteiger partial charge is 0.444 e. The third kappa shape index (κ3) is 4.26. The lowest BCUT2D eigenvalue weighted by Gasteiger charge is -2.30. The number of rotatable bonds is 4. The Morgan fingerprint density at radius 2 is 1.81 bits per heavy atom. The van der Waals surface area contributed by atoms with E-state index in [9.17, 15) is 14.0 Å². The summed E-state index contributed by atoms with van der Waals surface area (Å²) in [5, 5.41) is 3.44. The van der Waals surface area contributed by atoms with Gasteiger partial charge in [-0.05, 0) is 75.9 Å². The number of carbonyl (C=O) groups is 2. The molecule has 3 N–H and O–H groups in total. The fourth-order valence-electron chi connectivity index (χ4n) is 3.84. The van der Waals surface area contributed by atoms with Crippen molar-refractivity contribution in [2.75, 3.05) is 5.32 Å². The van der Waals surface area contributed by atoms with Crippen LogP contribution in [0.3, 0.4) is 0 Å². The summed E-state index contributed by atoms with van der Waals surface area (Å²) in [6.45, 7) is 5.42. The molecule has 2 amide bonds. The maximum absolute atomic E-state index is 14.3. The van der Waals surface area contributed by atoms with E-state index < -0.39 is 23.4 Å². The van der Waals surface area contributed by atoms with Gasteiger partial charge in [0.15, 0.2) is 0 Å². The lowest BCUT2D eigenvalue weighted by molar-refractivity contribution is 0.0635. The van der Waals surface area contributed by atoms with Gasteiger partial charge in [0, 0.05) is 28.3 Å². The van der Waals surface area contributed by atoms with Crippen molar-refractivity contribution >= 4 is 28.6 Å². The van der Waals surface area contributed by atoms with E-state index in [0.29, 0.717) is 11.7 Å². The van der Waals surface area contributed by atoms with E-state index in [1.807, 2.05) is 18.2 Å². The highest BCUT2D eigenvalue weighted by Gasteiger charge is 2.25. The minimum Gasteiger partial charge on any atom is -0.444 e.